The Morgan fingerprint density at radius 2 is 1.93 bits per heavy atom. The zero-order valence-corrected chi connectivity index (χ0v) is 17.5. The van der Waals surface area contributed by atoms with Gasteiger partial charge in [0.05, 0.1) is 6.26 Å². The largest absolute Gasteiger partial charge is 0.352 e. The Bertz CT molecular complexity index is 879. The normalized spacial score (nSPS) is 16.0. The van der Waals surface area contributed by atoms with E-state index in [4.69, 9.17) is 0 Å². The van der Waals surface area contributed by atoms with Crippen molar-refractivity contribution in [2.45, 2.75) is 23.5 Å². The number of piperidine rings is 1. The lowest BCUT2D eigenvalue weighted by Crippen LogP contribution is -2.41. The van der Waals surface area contributed by atoms with Gasteiger partial charge in [0.2, 0.25) is 10.0 Å². The molecule has 0 atom stereocenters. The van der Waals surface area contributed by atoms with Gasteiger partial charge in [-0.15, -0.1) is 11.8 Å². The fourth-order valence-electron chi connectivity index (χ4n) is 3.14. The smallest absolute Gasteiger partial charge is 0.251 e. The predicted molar refractivity (Wildman–Crippen MR) is 112 cm³/mol. The summed E-state index contributed by atoms with van der Waals surface area (Å²) in [6.07, 6.45) is 6.41. The van der Waals surface area contributed by atoms with E-state index < -0.39 is 10.0 Å². The Morgan fingerprint density at radius 1 is 1.21 bits per heavy atom. The number of benzene rings is 1. The summed E-state index contributed by atoms with van der Waals surface area (Å²) in [4.78, 5) is 17.6. The number of hydrogen-bond donors (Lipinski definition) is 1. The highest BCUT2D eigenvalue weighted by molar-refractivity contribution is 7.98. The number of nitrogens with zero attached hydrogens (tertiary/aromatic N) is 2. The molecule has 6 nitrogen and oxygen atoms in total. The van der Waals surface area contributed by atoms with E-state index in [1.165, 1.54) is 10.6 Å². The highest BCUT2D eigenvalue weighted by Crippen LogP contribution is 2.23. The number of nitrogens with one attached hydrogen (secondary N) is 1. The molecule has 1 aromatic heterocycles. The molecule has 1 saturated heterocycles. The molecule has 2 heterocycles. The quantitative estimate of drug-likeness (QED) is 0.698. The molecule has 0 radical (unpaired) electrons. The van der Waals surface area contributed by atoms with Crippen LogP contribution in [-0.4, -0.2) is 49.5 Å². The second kappa shape index (κ2) is 9.54. The first kappa shape index (κ1) is 20.8. The zero-order valence-electron chi connectivity index (χ0n) is 15.9. The first-order chi connectivity index (χ1) is 13.4. The maximum Gasteiger partial charge on any atom is 0.251 e. The third kappa shape index (κ3) is 6.05. The molecule has 0 saturated carbocycles. The SMILES string of the molecule is CS(=O)(=O)N1CCC(CNC(=O)c2ccc(SCc3cccnc3)cc2)CC1. The minimum Gasteiger partial charge on any atom is -0.352 e. The number of pyridine rings is 1. The van der Waals surface area contributed by atoms with Crippen molar-refractivity contribution >= 4 is 27.7 Å². The summed E-state index contributed by atoms with van der Waals surface area (Å²) in [5.41, 5.74) is 1.80. The molecular formula is C20H25N3O3S2. The van der Waals surface area contributed by atoms with Gasteiger partial charge >= 0.3 is 0 Å². The molecule has 0 bridgehead atoms. The number of carbonyl (C=O) groups excluding carboxylic acids is 1. The van der Waals surface area contributed by atoms with Gasteiger partial charge in [0, 0.05) is 48.2 Å². The molecule has 1 aliphatic heterocycles. The maximum atomic E-state index is 12.4. The molecule has 1 fully saturated rings. The highest BCUT2D eigenvalue weighted by Gasteiger charge is 2.25. The first-order valence-electron chi connectivity index (χ1n) is 9.27. The summed E-state index contributed by atoms with van der Waals surface area (Å²) in [6, 6.07) is 11.6. The molecule has 0 unspecified atom stereocenters. The van der Waals surface area contributed by atoms with E-state index in [1.54, 1.807) is 18.0 Å². The second-order valence-electron chi connectivity index (χ2n) is 6.99. The summed E-state index contributed by atoms with van der Waals surface area (Å²) >= 11 is 1.71. The molecule has 2 aromatic rings. The Labute approximate surface area is 170 Å². The molecule has 1 amide bonds. The van der Waals surface area contributed by atoms with Crippen LogP contribution in [0.25, 0.3) is 0 Å². The van der Waals surface area contributed by atoms with Crippen molar-refractivity contribution in [3.8, 4) is 0 Å². The van der Waals surface area contributed by atoms with Crippen molar-refractivity contribution in [1.29, 1.82) is 0 Å². The van der Waals surface area contributed by atoms with Crippen LogP contribution in [0.5, 0.6) is 0 Å². The summed E-state index contributed by atoms with van der Waals surface area (Å²) in [7, 11) is -3.11. The third-order valence-corrected chi connectivity index (χ3v) is 7.22. The van der Waals surface area contributed by atoms with E-state index >= 15 is 0 Å². The van der Waals surface area contributed by atoms with E-state index in [2.05, 4.69) is 10.3 Å². The minimum atomic E-state index is -3.11. The molecule has 8 heteroatoms. The monoisotopic (exact) mass is 419 g/mol. The number of carbonyl (C=O) groups is 1. The van der Waals surface area contributed by atoms with Gasteiger partial charge in [0.15, 0.2) is 0 Å². The molecule has 150 valence electrons. The van der Waals surface area contributed by atoms with Gasteiger partial charge in [-0.25, -0.2) is 12.7 Å². The van der Waals surface area contributed by atoms with Gasteiger partial charge in [-0.05, 0) is 54.7 Å². The van der Waals surface area contributed by atoms with Crippen LogP contribution >= 0.6 is 11.8 Å². The van der Waals surface area contributed by atoms with Crippen molar-refractivity contribution in [2.24, 2.45) is 5.92 Å². The van der Waals surface area contributed by atoms with E-state index in [1.807, 2.05) is 42.6 Å². The fourth-order valence-corrected chi connectivity index (χ4v) is 4.84. The Hall–Kier alpha value is -1.90. The summed E-state index contributed by atoms with van der Waals surface area (Å²) < 4.78 is 24.6. The van der Waals surface area contributed by atoms with Gasteiger partial charge in [-0.1, -0.05) is 6.07 Å². The van der Waals surface area contributed by atoms with Crippen molar-refractivity contribution in [3.63, 3.8) is 0 Å². The number of sulfonamides is 1. The lowest BCUT2D eigenvalue weighted by atomic mass is 9.98. The Kier molecular flexibility index (Phi) is 7.09. The standard InChI is InChI=1S/C20H25N3O3S2/c1-28(25,26)23-11-8-16(9-12-23)14-22-20(24)18-4-6-19(7-5-18)27-15-17-3-2-10-21-13-17/h2-7,10,13,16H,8-9,11-12,14-15H2,1H3,(H,22,24). The average molecular weight is 420 g/mol. The minimum absolute atomic E-state index is 0.0886. The van der Waals surface area contributed by atoms with Crippen LogP contribution in [0, 0.1) is 5.92 Å². The van der Waals surface area contributed by atoms with Gasteiger partial charge in [-0.3, -0.25) is 9.78 Å². The van der Waals surface area contributed by atoms with E-state index in [9.17, 15) is 13.2 Å². The van der Waals surface area contributed by atoms with Crippen molar-refractivity contribution in [2.75, 3.05) is 25.9 Å². The van der Waals surface area contributed by atoms with Crippen molar-refractivity contribution in [3.05, 3.63) is 59.9 Å². The van der Waals surface area contributed by atoms with Crippen LogP contribution in [-0.2, 0) is 15.8 Å². The van der Waals surface area contributed by atoms with Gasteiger partial charge in [0.1, 0.15) is 0 Å². The van der Waals surface area contributed by atoms with Crippen molar-refractivity contribution < 1.29 is 13.2 Å². The van der Waals surface area contributed by atoms with Crippen molar-refractivity contribution in [1.82, 2.24) is 14.6 Å². The molecule has 1 aromatic carbocycles. The number of thioether (sulfide) groups is 1. The third-order valence-electron chi connectivity index (χ3n) is 4.84. The summed E-state index contributed by atoms with van der Waals surface area (Å²) in [5.74, 6) is 1.07. The van der Waals surface area contributed by atoms with Crippen LogP contribution in [0.2, 0.25) is 0 Å². The van der Waals surface area contributed by atoms with Crippen LogP contribution in [0.15, 0.2) is 53.7 Å². The van der Waals surface area contributed by atoms with E-state index in [0.717, 1.165) is 29.1 Å². The number of hydrogen-bond acceptors (Lipinski definition) is 5. The van der Waals surface area contributed by atoms with Gasteiger partial charge in [0.25, 0.3) is 5.91 Å². The molecule has 1 N–H and O–H groups in total. The molecule has 1 aliphatic rings. The lowest BCUT2D eigenvalue weighted by Gasteiger charge is -2.30. The topological polar surface area (TPSA) is 79.4 Å². The average Bonchev–Trinajstić information content (AvgIpc) is 2.71. The maximum absolute atomic E-state index is 12.4. The van der Waals surface area contributed by atoms with Crippen LogP contribution in [0.3, 0.4) is 0 Å². The predicted octanol–water partition coefficient (Wildman–Crippen LogP) is 2.78. The van der Waals surface area contributed by atoms with Crippen LogP contribution in [0.4, 0.5) is 0 Å². The lowest BCUT2D eigenvalue weighted by molar-refractivity contribution is 0.0941. The first-order valence-corrected chi connectivity index (χ1v) is 12.1. The Balaban J connectivity index is 1.43. The van der Waals surface area contributed by atoms with Crippen LogP contribution in [0.1, 0.15) is 28.8 Å². The number of aromatic nitrogens is 1. The van der Waals surface area contributed by atoms with Crippen LogP contribution < -0.4 is 5.32 Å². The highest BCUT2D eigenvalue weighted by atomic mass is 32.2. The van der Waals surface area contributed by atoms with Gasteiger partial charge in [-0.2, -0.15) is 0 Å². The molecule has 0 aliphatic carbocycles. The number of rotatable bonds is 7. The Morgan fingerprint density at radius 3 is 2.54 bits per heavy atom. The molecule has 3 rings (SSSR count). The van der Waals surface area contributed by atoms with E-state index in [-0.39, 0.29) is 5.91 Å². The molecule has 0 spiro atoms. The molecule has 28 heavy (non-hydrogen) atoms. The zero-order chi connectivity index (χ0) is 20.0. The van der Waals surface area contributed by atoms with E-state index in [0.29, 0.717) is 31.1 Å². The summed E-state index contributed by atoms with van der Waals surface area (Å²) in [5, 5.41) is 2.98. The second-order valence-corrected chi connectivity index (χ2v) is 10.0. The molecular weight excluding hydrogens is 394 g/mol. The fraction of sp³-hybridized carbons (Fsp3) is 0.400. The number of amides is 1. The summed E-state index contributed by atoms with van der Waals surface area (Å²) in [6.45, 7) is 1.64. The van der Waals surface area contributed by atoms with Gasteiger partial charge < -0.3 is 5.32 Å².